The van der Waals surface area contributed by atoms with E-state index in [1.165, 1.54) is 4.90 Å². The summed E-state index contributed by atoms with van der Waals surface area (Å²) in [6.07, 6.45) is 3.60. The van der Waals surface area contributed by atoms with Gasteiger partial charge in [0, 0.05) is 26.0 Å². The molecular weight excluding hydrogens is 210 g/mol. The number of nitrogens with zero attached hydrogens (tertiary/aromatic N) is 2. The predicted octanol–water partition coefficient (Wildman–Crippen LogP) is 1.04. The Bertz CT molecular complexity index is 436. The molecule has 0 saturated carbocycles. The number of hydrogen-bond donors (Lipinski definition) is 1. The summed E-state index contributed by atoms with van der Waals surface area (Å²) in [4.78, 5) is 18.0. The fraction of sp³-hybridized carbons (Fsp3) is 0.200. The average molecular weight is 221 g/mol. The number of aromatic nitrogens is 1. The molecule has 0 bridgehead atoms. The van der Waals surface area contributed by atoms with Gasteiger partial charge < -0.3 is 9.88 Å². The van der Waals surface area contributed by atoms with E-state index in [2.05, 4.69) is 4.98 Å². The van der Waals surface area contributed by atoms with Crippen molar-refractivity contribution in [3.63, 3.8) is 0 Å². The van der Waals surface area contributed by atoms with Crippen molar-refractivity contribution >= 4 is 29.3 Å². The van der Waals surface area contributed by atoms with Gasteiger partial charge in [0.05, 0.1) is 0 Å². The van der Waals surface area contributed by atoms with Gasteiger partial charge in [0.15, 0.2) is 5.11 Å². The molecular formula is C10H11N3OS. The summed E-state index contributed by atoms with van der Waals surface area (Å²) in [5, 5.41) is 0.526. The number of carbonyl (C=O) groups excluding carboxylic acids is 1. The second kappa shape index (κ2) is 3.51. The third-order valence-electron chi connectivity index (χ3n) is 2.37. The van der Waals surface area contributed by atoms with Gasteiger partial charge in [0.2, 0.25) is 0 Å². The van der Waals surface area contributed by atoms with Crippen molar-refractivity contribution in [3.8, 4) is 0 Å². The van der Waals surface area contributed by atoms with Crippen LogP contribution in [0.5, 0.6) is 0 Å². The smallest absolute Gasteiger partial charge is 0.276 e. The summed E-state index contributed by atoms with van der Waals surface area (Å²) < 4.78 is 0. The van der Waals surface area contributed by atoms with Crippen molar-refractivity contribution in [2.45, 2.75) is 0 Å². The maximum atomic E-state index is 11.8. The number of aromatic amines is 1. The molecule has 0 unspecified atom stereocenters. The van der Waals surface area contributed by atoms with Crippen LogP contribution in [0.2, 0.25) is 0 Å². The number of hydrogen-bond acceptors (Lipinski definition) is 2. The zero-order valence-corrected chi connectivity index (χ0v) is 9.34. The largest absolute Gasteiger partial charge is 0.362 e. The second-order valence-electron chi connectivity index (χ2n) is 3.36. The lowest BCUT2D eigenvalue weighted by Crippen LogP contribution is -2.26. The molecule has 4 nitrogen and oxygen atoms in total. The van der Waals surface area contributed by atoms with E-state index in [1.807, 2.05) is 18.3 Å². The Morgan fingerprint density at radius 2 is 2.13 bits per heavy atom. The Labute approximate surface area is 93.2 Å². The third-order valence-corrected chi connectivity index (χ3v) is 2.92. The Hall–Kier alpha value is -1.62. The highest BCUT2D eigenvalue weighted by molar-refractivity contribution is 7.80. The molecule has 5 heteroatoms. The van der Waals surface area contributed by atoms with Crippen LogP contribution in [0.25, 0.3) is 6.08 Å². The van der Waals surface area contributed by atoms with Crippen LogP contribution in [-0.2, 0) is 4.79 Å². The first-order valence-electron chi connectivity index (χ1n) is 4.52. The predicted molar refractivity (Wildman–Crippen MR) is 61.9 cm³/mol. The SMILES string of the molecule is CN1C(=O)C(=Cc2ccc[nH]2)N(C)C1=S. The first-order valence-corrected chi connectivity index (χ1v) is 4.93. The van der Waals surface area contributed by atoms with Crippen LogP contribution in [-0.4, -0.2) is 39.9 Å². The Balaban J connectivity index is 2.38. The number of carbonyl (C=O) groups is 1. The van der Waals surface area contributed by atoms with Crippen LogP contribution < -0.4 is 0 Å². The van der Waals surface area contributed by atoms with Gasteiger partial charge in [-0.1, -0.05) is 0 Å². The molecule has 0 radical (unpaired) electrons. The highest BCUT2D eigenvalue weighted by Gasteiger charge is 2.32. The van der Waals surface area contributed by atoms with Crippen molar-refractivity contribution in [2.75, 3.05) is 14.1 Å². The third kappa shape index (κ3) is 1.55. The van der Waals surface area contributed by atoms with E-state index in [1.54, 1.807) is 25.1 Å². The maximum Gasteiger partial charge on any atom is 0.276 e. The molecule has 1 aromatic heterocycles. The lowest BCUT2D eigenvalue weighted by molar-refractivity contribution is -0.121. The van der Waals surface area contributed by atoms with E-state index in [-0.39, 0.29) is 5.91 Å². The van der Waals surface area contributed by atoms with Crippen molar-refractivity contribution in [3.05, 3.63) is 29.7 Å². The molecule has 0 aliphatic carbocycles. The number of likely N-dealkylation sites (N-methyl/N-ethyl adjacent to an activating group) is 2. The van der Waals surface area contributed by atoms with Crippen molar-refractivity contribution in [1.82, 2.24) is 14.8 Å². The second-order valence-corrected chi connectivity index (χ2v) is 3.73. The van der Waals surface area contributed by atoms with Crippen LogP contribution in [0, 0.1) is 0 Å². The molecule has 1 N–H and O–H groups in total. The van der Waals surface area contributed by atoms with E-state index in [4.69, 9.17) is 12.2 Å². The summed E-state index contributed by atoms with van der Waals surface area (Å²) in [7, 11) is 3.47. The van der Waals surface area contributed by atoms with Gasteiger partial charge in [-0.3, -0.25) is 9.69 Å². The molecule has 2 heterocycles. The fourth-order valence-corrected chi connectivity index (χ4v) is 1.65. The fourth-order valence-electron chi connectivity index (χ4n) is 1.47. The van der Waals surface area contributed by atoms with E-state index in [9.17, 15) is 4.79 Å². The topological polar surface area (TPSA) is 39.3 Å². The van der Waals surface area contributed by atoms with Gasteiger partial charge in [0.25, 0.3) is 5.91 Å². The van der Waals surface area contributed by atoms with Crippen LogP contribution in [0.15, 0.2) is 24.0 Å². The lowest BCUT2D eigenvalue weighted by Gasteiger charge is -2.10. The zero-order valence-electron chi connectivity index (χ0n) is 8.52. The highest BCUT2D eigenvalue weighted by atomic mass is 32.1. The molecule has 1 aliphatic rings. The van der Waals surface area contributed by atoms with Crippen LogP contribution in [0.1, 0.15) is 5.69 Å². The molecule has 1 amide bonds. The maximum absolute atomic E-state index is 11.8. The zero-order chi connectivity index (χ0) is 11.0. The summed E-state index contributed by atoms with van der Waals surface area (Å²) in [6, 6.07) is 3.78. The first kappa shape index (κ1) is 9.92. The van der Waals surface area contributed by atoms with E-state index >= 15 is 0 Å². The average Bonchev–Trinajstić information content (AvgIpc) is 2.79. The minimum Gasteiger partial charge on any atom is -0.362 e. The molecule has 0 spiro atoms. The minimum atomic E-state index is -0.0721. The first-order chi connectivity index (χ1) is 7.11. The minimum absolute atomic E-state index is 0.0721. The number of thiocarbonyl (C=S) groups is 1. The van der Waals surface area contributed by atoms with Gasteiger partial charge in [-0.05, 0) is 30.4 Å². The summed E-state index contributed by atoms with van der Waals surface area (Å²) in [6.45, 7) is 0. The molecule has 1 aliphatic heterocycles. The van der Waals surface area contributed by atoms with Crippen molar-refractivity contribution in [1.29, 1.82) is 0 Å². The van der Waals surface area contributed by atoms with E-state index in [0.29, 0.717) is 10.8 Å². The van der Waals surface area contributed by atoms with E-state index in [0.717, 1.165) is 5.69 Å². The summed E-state index contributed by atoms with van der Waals surface area (Å²) in [5.41, 5.74) is 1.48. The Morgan fingerprint density at radius 3 is 2.60 bits per heavy atom. The molecule has 2 rings (SSSR count). The van der Waals surface area contributed by atoms with Gasteiger partial charge in [-0.2, -0.15) is 0 Å². The van der Waals surface area contributed by atoms with Crippen LogP contribution in [0.3, 0.4) is 0 Å². The van der Waals surface area contributed by atoms with E-state index < -0.39 is 0 Å². The molecule has 1 fully saturated rings. The number of nitrogens with one attached hydrogen (secondary N) is 1. The van der Waals surface area contributed by atoms with Gasteiger partial charge >= 0.3 is 0 Å². The molecule has 78 valence electrons. The molecule has 0 atom stereocenters. The molecule has 15 heavy (non-hydrogen) atoms. The molecule has 1 aromatic rings. The number of rotatable bonds is 1. The highest BCUT2D eigenvalue weighted by Crippen LogP contribution is 2.19. The van der Waals surface area contributed by atoms with Crippen LogP contribution in [0.4, 0.5) is 0 Å². The summed E-state index contributed by atoms with van der Waals surface area (Å²) >= 11 is 5.09. The number of amides is 1. The van der Waals surface area contributed by atoms with Crippen LogP contribution >= 0.6 is 12.2 Å². The van der Waals surface area contributed by atoms with Gasteiger partial charge in [0.1, 0.15) is 5.70 Å². The van der Waals surface area contributed by atoms with Crippen molar-refractivity contribution < 1.29 is 4.79 Å². The monoisotopic (exact) mass is 221 g/mol. The van der Waals surface area contributed by atoms with Gasteiger partial charge in [-0.15, -0.1) is 0 Å². The Morgan fingerprint density at radius 1 is 1.40 bits per heavy atom. The molecule has 1 saturated heterocycles. The Kier molecular flexibility index (Phi) is 2.32. The van der Waals surface area contributed by atoms with Gasteiger partial charge in [-0.25, -0.2) is 0 Å². The molecule has 0 aromatic carbocycles. The quantitative estimate of drug-likeness (QED) is 0.569. The number of H-pyrrole nitrogens is 1. The normalized spacial score (nSPS) is 19.5. The van der Waals surface area contributed by atoms with Crippen molar-refractivity contribution in [2.24, 2.45) is 0 Å². The lowest BCUT2D eigenvalue weighted by atomic mass is 10.3. The standard InChI is InChI=1S/C10H11N3OS/c1-12-8(6-7-4-3-5-11-7)9(14)13(2)10(12)15/h3-6,11H,1-2H3. The summed E-state index contributed by atoms with van der Waals surface area (Å²) in [5.74, 6) is -0.0721.